The number of benzene rings is 1. The maximum Gasteiger partial charge on any atom is 0.0325 e. The molecule has 0 aromatic heterocycles. The average molecular weight is 259 g/mol. The minimum Gasteiger partial charge on any atom is -0.310 e. The zero-order valence-corrected chi connectivity index (χ0v) is 13.2. The number of hydrogen-bond acceptors (Lipinski definition) is 1. The molecule has 1 fully saturated rings. The van der Waals surface area contributed by atoms with Crippen molar-refractivity contribution >= 4 is 0 Å². The second-order valence-corrected chi connectivity index (χ2v) is 8.03. The monoisotopic (exact) mass is 259 g/mol. The molecule has 0 spiro atoms. The molecule has 1 aromatic carbocycles. The standard InChI is InChI=1S/C18H29N/c1-17(2,3)12-16(14-9-7-6-8-10-14)19-13-15-11-18(15,4)5/h6-10,15-16,19H,11-13H2,1-5H3. The van der Waals surface area contributed by atoms with Gasteiger partial charge in [0.1, 0.15) is 0 Å². The van der Waals surface area contributed by atoms with Crippen LogP contribution in [0.3, 0.4) is 0 Å². The van der Waals surface area contributed by atoms with Crippen molar-refractivity contribution in [3.63, 3.8) is 0 Å². The molecule has 0 bridgehead atoms. The summed E-state index contributed by atoms with van der Waals surface area (Å²) < 4.78 is 0. The van der Waals surface area contributed by atoms with Crippen LogP contribution < -0.4 is 5.32 Å². The van der Waals surface area contributed by atoms with E-state index in [0.29, 0.717) is 16.9 Å². The molecule has 1 N–H and O–H groups in total. The van der Waals surface area contributed by atoms with E-state index in [9.17, 15) is 0 Å². The van der Waals surface area contributed by atoms with Crippen molar-refractivity contribution in [3.05, 3.63) is 35.9 Å². The van der Waals surface area contributed by atoms with Gasteiger partial charge in [0.2, 0.25) is 0 Å². The fourth-order valence-corrected chi connectivity index (χ4v) is 2.81. The Morgan fingerprint density at radius 3 is 2.26 bits per heavy atom. The summed E-state index contributed by atoms with van der Waals surface area (Å²) in [5, 5.41) is 3.81. The highest BCUT2D eigenvalue weighted by molar-refractivity contribution is 5.19. The van der Waals surface area contributed by atoms with Crippen molar-refractivity contribution in [1.82, 2.24) is 5.32 Å². The van der Waals surface area contributed by atoms with Crippen molar-refractivity contribution < 1.29 is 0 Å². The lowest BCUT2D eigenvalue weighted by Gasteiger charge is -2.27. The maximum absolute atomic E-state index is 3.81. The Balaban J connectivity index is 1.99. The molecule has 106 valence electrons. The Kier molecular flexibility index (Phi) is 4.06. The third-order valence-corrected chi connectivity index (χ3v) is 4.35. The third-order valence-electron chi connectivity index (χ3n) is 4.35. The summed E-state index contributed by atoms with van der Waals surface area (Å²) in [4.78, 5) is 0. The summed E-state index contributed by atoms with van der Waals surface area (Å²) in [6.45, 7) is 12.9. The average Bonchev–Trinajstić information content (AvgIpc) is 2.92. The molecule has 1 aliphatic rings. The van der Waals surface area contributed by atoms with Crippen molar-refractivity contribution in [2.24, 2.45) is 16.7 Å². The van der Waals surface area contributed by atoms with Crippen LogP contribution in [0.25, 0.3) is 0 Å². The Hall–Kier alpha value is -0.820. The van der Waals surface area contributed by atoms with Gasteiger partial charge < -0.3 is 5.32 Å². The van der Waals surface area contributed by atoms with Crippen LogP contribution in [0.2, 0.25) is 0 Å². The van der Waals surface area contributed by atoms with Gasteiger partial charge in [-0.05, 0) is 41.7 Å². The second kappa shape index (κ2) is 5.28. The molecular formula is C18H29N. The predicted molar refractivity (Wildman–Crippen MR) is 83.1 cm³/mol. The molecule has 1 aliphatic carbocycles. The lowest BCUT2D eigenvalue weighted by Crippen LogP contribution is -2.28. The van der Waals surface area contributed by atoms with Crippen LogP contribution in [-0.4, -0.2) is 6.54 Å². The van der Waals surface area contributed by atoms with Gasteiger partial charge in [0.15, 0.2) is 0 Å². The Bertz CT molecular complexity index is 399. The van der Waals surface area contributed by atoms with Gasteiger partial charge in [-0.25, -0.2) is 0 Å². The van der Waals surface area contributed by atoms with Gasteiger partial charge in [-0.1, -0.05) is 65.0 Å². The van der Waals surface area contributed by atoms with E-state index in [2.05, 4.69) is 70.3 Å². The van der Waals surface area contributed by atoms with E-state index in [0.717, 1.165) is 12.5 Å². The molecular weight excluding hydrogens is 230 g/mol. The summed E-state index contributed by atoms with van der Waals surface area (Å²) in [5.41, 5.74) is 2.35. The van der Waals surface area contributed by atoms with Gasteiger partial charge in [-0.3, -0.25) is 0 Å². The lowest BCUT2D eigenvalue weighted by molar-refractivity contribution is 0.306. The molecule has 2 unspecified atom stereocenters. The number of rotatable bonds is 5. The highest BCUT2D eigenvalue weighted by Crippen LogP contribution is 2.51. The van der Waals surface area contributed by atoms with E-state index < -0.39 is 0 Å². The first-order chi connectivity index (χ1) is 8.78. The lowest BCUT2D eigenvalue weighted by atomic mass is 9.85. The van der Waals surface area contributed by atoms with Crippen LogP contribution >= 0.6 is 0 Å². The van der Waals surface area contributed by atoms with Crippen LogP contribution in [0.4, 0.5) is 0 Å². The van der Waals surface area contributed by atoms with Gasteiger partial charge in [-0.15, -0.1) is 0 Å². The number of nitrogens with one attached hydrogen (secondary N) is 1. The first-order valence-corrected chi connectivity index (χ1v) is 7.56. The Morgan fingerprint density at radius 1 is 1.21 bits per heavy atom. The highest BCUT2D eigenvalue weighted by Gasteiger charge is 2.45. The van der Waals surface area contributed by atoms with Crippen molar-refractivity contribution in [3.8, 4) is 0 Å². The van der Waals surface area contributed by atoms with Gasteiger partial charge in [0, 0.05) is 6.04 Å². The van der Waals surface area contributed by atoms with Gasteiger partial charge >= 0.3 is 0 Å². The molecule has 0 saturated heterocycles. The molecule has 0 radical (unpaired) electrons. The second-order valence-electron chi connectivity index (χ2n) is 8.03. The zero-order chi connectivity index (χ0) is 14.1. The fraction of sp³-hybridized carbons (Fsp3) is 0.667. The van der Waals surface area contributed by atoms with Crippen molar-refractivity contribution in [1.29, 1.82) is 0 Å². The van der Waals surface area contributed by atoms with Gasteiger partial charge in [0.05, 0.1) is 0 Å². The quantitative estimate of drug-likeness (QED) is 0.801. The smallest absolute Gasteiger partial charge is 0.0325 e. The third kappa shape index (κ3) is 4.35. The zero-order valence-electron chi connectivity index (χ0n) is 13.2. The molecule has 2 atom stereocenters. The van der Waals surface area contributed by atoms with Crippen LogP contribution in [0, 0.1) is 16.7 Å². The first-order valence-electron chi connectivity index (χ1n) is 7.56. The molecule has 0 heterocycles. The van der Waals surface area contributed by atoms with Crippen LogP contribution in [0.5, 0.6) is 0 Å². The molecule has 1 aromatic rings. The van der Waals surface area contributed by atoms with E-state index in [1.165, 1.54) is 18.4 Å². The van der Waals surface area contributed by atoms with Crippen LogP contribution in [0.15, 0.2) is 30.3 Å². The summed E-state index contributed by atoms with van der Waals surface area (Å²) in [6, 6.07) is 11.4. The molecule has 1 saturated carbocycles. The molecule has 0 amide bonds. The summed E-state index contributed by atoms with van der Waals surface area (Å²) in [7, 11) is 0. The van der Waals surface area contributed by atoms with E-state index in [-0.39, 0.29) is 0 Å². The Labute approximate surface area is 118 Å². The molecule has 2 rings (SSSR count). The fourth-order valence-electron chi connectivity index (χ4n) is 2.81. The highest BCUT2D eigenvalue weighted by atomic mass is 14.9. The summed E-state index contributed by atoms with van der Waals surface area (Å²) >= 11 is 0. The summed E-state index contributed by atoms with van der Waals surface area (Å²) in [6.07, 6.45) is 2.56. The summed E-state index contributed by atoms with van der Waals surface area (Å²) in [5.74, 6) is 0.860. The molecule has 19 heavy (non-hydrogen) atoms. The minimum absolute atomic E-state index is 0.354. The SMILES string of the molecule is CC(C)(C)CC(NCC1CC1(C)C)c1ccccc1. The van der Waals surface area contributed by atoms with E-state index in [4.69, 9.17) is 0 Å². The minimum atomic E-state index is 0.354. The van der Waals surface area contributed by atoms with Gasteiger partial charge in [0.25, 0.3) is 0 Å². The number of hydrogen-bond donors (Lipinski definition) is 1. The normalized spacial score (nSPS) is 23.1. The van der Waals surface area contributed by atoms with E-state index in [1.54, 1.807) is 0 Å². The first kappa shape index (κ1) is 14.6. The van der Waals surface area contributed by atoms with Crippen LogP contribution in [0.1, 0.15) is 59.1 Å². The van der Waals surface area contributed by atoms with Crippen molar-refractivity contribution in [2.75, 3.05) is 6.54 Å². The maximum atomic E-state index is 3.81. The predicted octanol–water partition coefficient (Wildman–Crippen LogP) is 4.80. The molecule has 1 heteroatoms. The topological polar surface area (TPSA) is 12.0 Å². The van der Waals surface area contributed by atoms with E-state index >= 15 is 0 Å². The molecule has 0 aliphatic heterocycles. The van der Waals surface area contributed by atoms with E-state index in [1.807, 2.05) is 0 Å². The molecule has 1 nitrogen and oxygen atoms in total. The van der Waals surface area contributed by atoms with Gasteiger partial charge in [-0.2, -0.15) is 0 Å². The van der Waals surface area contributed by atoms with Crippen molar-refractivity contribution in [2.45, 2.75) is 53.5 Å². The Morgan fingerprint density at radius 2 is 1.79 bits per heavy atom. The largest absolute Gasteiger partial charge is 0.310 e. The van der Waals surface area contributed by atoms with Crippen LogP contribution in [-0.2, 0) is 0 Å².